The number of hydrogen-bond acceptors (Lipinski definition) is 3. The molecule has 1 aliphatic rings. The second-order valence-electron chi connectivity index (χ2n) is 6.72. The lowest BCUT2D eigenvalue weighted by Gasteiger charge is -2.40. The lowest BCUT2D eigenvalue weighted by Crippen LogP contribution is -2.46. The van der Waals surface area contributed by atoms with Crippen LogP contribution in [-0.4, -0.2) is 42.4 Å². The SMILES string of the molecule is CCCCOC(=O)N1CCC(CO)(Cc2ccccc2C)CC1. The third-order valence-electron chi connectivity index (χ3n) is 4.97. The highest BCUT2D eigenvalue weighted by Crippen LogP contribution is 2.35. The van der Waals surface area contributed by atoms with E-state index < -0.39 is 0 Å². The highest BCUT2D eigenvalue weighted by atomic mass is 16.6. The van der Waals surface area contributed by atoms with Gasteiger partial charge in [0, 0.05) is 25.1 Å². The number of piperidine rings is 1. The summed E-state index contributed by atoms with van der Waals surface area (Å²) in [5, 5.41) is 9.96. The molecule has 23 heavy (non-hydrogen) atoms. The molecule has 4 heteroatoms. The Hall–Kier alpha value is -1.55. The van der Waals surface area contributed by atoms with Gasteiger partial charge in [-0.05, 0) is 43.7 Å². The zero-order valence-electron chi connectivity index (χ0n) is 14.4. The molecule has 1 amide bonds. The average molecular weight is 319 g/mol. The molecule has 1 heterocycles. The van der Waals surface area contributed by atoms with E-state index in [1.54, 1.807) is 4.90 Å². The Morgan fingerprint density at radius 2 is 2.00 bits per heavy atom. The zero-order chi connectivity index (χ0) is 16.7. The Morgan fingerprint density at radius 1 is 1.30 bits per heavy atom. The van der Waals surface area contributed by atoms with Crippen molar-refractivity contribution in [1.82, 2.24) is 4.90 Å². The predicted molar refractivity (Wildman–Crippen MR) is 91.5 cm³/mol. The van der Waals surface area contributed by atoms with Crippen molar-refractivity contribution in [3.63, 3.8) is 0 Å². The Balaban J connectivity index is 1.92. The minimum Gasteiger partial charge on any atom is -0.449 e. The van der Waals surface area contributed by atoms with Crippen molar-refractivity contribution in [2.75, 3.05) is 26.3 Å². The molecule has 1 aromatic carbocycles. The quantitative estimate of drug-likeness (QED) is 0.816. The van der Waals surface area contributed by atoms with Crippen LogP contribution in [0.2, 0.25) is 0 Å². The number of hydrogen-bond donors (Lipinski definition) is 1. The number of aliphatic hydroxyl groups excluding tert-OH is 1. The van der Waals surface area contributed by atoms with E-state index in [-0.39, 0.29) is 18.1 Å². The molecular weight excluding hydrogens is 290 g/mol. The molecule has 0 saturated carbocycles. The Labute approximate surface area is 139 Å². The average Bonchev–Trinajstić information content (AvgIpc) is 2.58. The molecule has 1 fully saturated rings. The zero-order valence-corrected chi connectivity index (χ0v) is 14.4. The van der Waals surface area contributed by atoms with Crippen LogP contribution in [-0.2, 0) is 11.2 Å². The van der Waals surface area contributed by atoms with Crippen molar-refractivity contribution in [3.8, 4) is 0 Å². The van der Waals surface area contributed by atoms with Gasteiger partial charge < -0.3 is 14.7 Å². The smallest absolute Gasteiger partial charge is 0.409 e. The summed E-state index contributed by atoms with van der Waals surface area (Å²) < 4.78 is 5.29. The van der Waals surface area contributed by atoms with Crippen molar-refractivity contribution in [2.45, 2.75) is 46.0 Å². The van der Waals surface area contributed by atoms with E-state index in [4.69, 9.17) is 4.74 Å². The van der Waals surface area contributed by atoms with Gasteiger partial charge in [-0.2, -0.15) is 0 Å². The molecule has 0 aliphatic carbocycles. The van der Waals surface area contributed by atoms with Crippen LogP contribution in [0.25, 0.3) is 0 Å². The minimum absolute atomic E-state index is 0.119. The van der Waals surface area contributed by atoms with Crippen LogP contribution in [0.3, 0.4) is 0 Å². The van der Waals surface area contributed by atoms with Crippen LogP contribution in [0.1, 0.15) is 43.7 Å². The fraction of sp³-hybridized carbons (Fsp3) is 0.632. The molecular formula is C19H29NO3. The van der Waals surface area contributed by atoms with E-state index in [9.17, 15) is 9.90 Å². The van der Waals surface area contributed by atoms with Gasteiger partial charge >= 0.3 is 6.09 Å². The lowest BCUT2D eigenvalue weighted by molar-refractivity contribution is 0.0338. The van der Waals surface area contributed by atoms with Gasteiger partial charge in [0.25, 0.3) is 0 Å². The van der Waals surface area contributed by atoms with Gasteiger partial charge in [0.2, 0.25) is 0 Å². The number of carbonyl (C=O) groups is 1. The first-order valence-electron chi connectivity index (χ1n) is 8.67. The number of nitrogens with zero attached hydrogens (tertiary/aromatic N) is 1. The summed E-state index contributed by atoms with van der Waals surface area (Å²) in [6.45, 7) is 6.19. The summed E-state index contributed by atoms with van der Waals surface area (Å²) >= 11 is 0. The molecule has 0 atom stereocenters. The third kappa shape index (κ3) is 4.71. The van der Waals surface area contributed by atoms with E-state index in [1.807, 2.05) is 12.1 Å². The van der Waals surface area contributed by atoms with Gasteiger partial charge in [-0.1, -0.05) is 37.6 Å². The lowest BCUT2D eigenvalue weighted by atomic mass is 9.74. The number of aliphatic hydroxyl groups is 1. The molecule has 0 unspecified atom stereocenters. The van der Waals surface area contributed by atoms with Crippen molar-refractivity contribution in [1.29, 1.82) is 0 Å². The number of rotatable bonds is 6. The summed E-state index contributed by atoms with van der Waals surface area (Å²) in [4.78, 5) is 13.8. The van der Waals surface area contributed by atoms with Gasteiger partial charge in [0.1, 0.15) is 0 Å². The largest absolute Gasteiger partial charge is 0.449 e. The number of aryl methyl sites for hydroxylation is 1. The number of likely N-dealkylation sites (tertiary alicyclic amines) is 1. The van der Waals surface area contributed by atoms with Gasteiger partial charge in [-0.15, -0.1) is 0 Å². The molecule has 0 spiro atoms. The van der Waals surface area contributed by atoms with Crippen LogP contribution in [0.15, 0.2) is 24.3 Å². The van der Waals surface area contributed by atoms with Crippen molar-refractivity contribution >= 4 is 6.09 Å². The number of ether oxygens (including phenoxy) is 1. The molecule has 1 N–H and O–H groups in total. The Kier molecular flexibility index (Phi) is 6.46. The van der Waals surface area contributed by atoms with Gasteiger partial charge in [-0.3, -0.25) is 0 Å². The van der Waals surface area contributed by atoms with E-state index in [0.717, 1.165) is 32.1 Å². The molecule has 2 rings (SSSR count). The molecule has 0 bridgehead atoms. The maximum absolute atomic E-state index is 12.0. The number of benzene rings is 1. The molecule has 0 aromatic heterocycles. The fourth-order valence-electron chi connectivity index (χ4n) is 3.16. The molecule has 1 aromatic rings. The number of carbonyl (C=O) groups excluding carboxylic acids is 1. The summed E-state index contributed by atoms with van der Waals surface area (Å²) in [6.07, 6.45) is 4.24. The highest BCUT2D eigenvalue weighted by molar-refractivity contribution is 5.67. The van der Waals surface area contributed by atoms with E-state index >= 15 is 0 Å². The fourth-order valence-corrected chi connectivity index (χ4v) is 3.16. The summed E-state index contributed by atoms with van der Waals surface area (Å²) in [5.41, 5.74) is 2.44. The first-order chi connectivity index (χ1) is 11.1. The van der Waals surface area contributed by atoms with Crippen LogP contribution in [0, 0.1) is 12.3 Å². The van der Waals surface area contributed by atoms with Gasteiger partial charge in [0.05, 0.1) is 6.61 Å². The normalized spacial score (nSPS) is 17.1. The predicted octanol–water partition coefficient (Wildman–Crippen LogP) is 3.55. The monoisotopic (exact) mass is 319 g/mol. The molecule has 1 saturated heterocycles. The minimum atomic E-state index is -0.208. The van der Waals surface area contributed by atoms with Crippen molar-refractivity contribution < 1.29 is 14.6 Å². The summed E-state index contributed by atoms with van der Waals surface area (Å²) in [5.74, 6) is 0. The van der Waals surface area contributed by atoms with Crippen LogP contribution >= 0.6 is 0 Å². The second-order valence-corrected chi connectivity index (χ2v) is 6.72. The van der Waals surface area contributed by atoms with Crippen LogP contribution in [0.5, 0.6) is 0 Å². The van der Waals surface area contributed by atoms with E-state index in [2.05, 4.69) is 26.0 Å². The Morgan fingerprint density at radius 3 is 2.61 bits per heavy atom. The van der Waals surface area contributed by atoms with Crippen LogP contribution in [0.4, 0.5) is 4.79 Å². The molecule has 128 valence electrons. The molecule has 1 aliphatic heterocycles. The second kappa shape index (κ2) is 8.34. The Bertz CT molecular complexity index is 507. The maximum Gasteiger partial charge on any atom is 0.409 e. The van der Waals surface area contributed by atoms with Gasteiger partial charge in [0.15, 0.2) is 0 Å². The molecule has 4 nitrogen and oxygen atoms in total. The first kappa shape index (κ1) is 17.8. The third-order valence-corrected chi connectivity index (χ3v) is 4.97. The summed E-state index contributed by atoms with van der Waals surface area (Å²) in [7, 11) is 0. The van der Waals surface area contributed by atoms with Crippen molar-refractivity contribution in [2.24, 2.45) is 5.41 Å². The number of unbranched alkanes of at least 4 members (excludes halogenated alkanes) is 1. The topological polar surface area (TPSA) is 49.8 Å². The maximum atomic E-state index is 12.0. The first-order valence-corrected chi connectivity index (χ1v) is 8.67. The van der Waals surface area contributed by atoms with Crippen molar-refractivity contribution in [3.05, 3.63) is 35.4 Å². The van der Waals surface area contributed by atoms with Gasteiger partial charge in [-0.25, -0.2) is 4.79 Å². The number of amides is 1. The standard InChI is InChI=1S/C19H29NO3/c1-3-4-13-23-18(22)20-11-9-19(15-21,10-12-20)14-17-8-6-5-7-16(17)2/h5-8,21H,3-4,9-15H2,1-2H3. The summed E-state index contributed by atoms with van der Waals surface area (Å²) in [6, 6.07) is 8.34. The van der Waals surface area contributed by atoms with Crippen LogP contribution < -0.4 is 0 Å². The highest BCUT2D eigenvalue weighted by Gasteiger charge is 2.36. The van der Waals surface area contributed by atoms with E-state index in [0.29, 0.717) is 19.7 Å². The molecule has 0 radical (unpaired) electrons. The van der Waals surface area contributed by atoms with E-state index in [1.165, 1.54) is 11.1 Å².